The van der Waals surface area contributed by atoms with Crippen LogP contribution in [0.3, 0.4) is 0 Å². The summed E-state index contributed by atoms with van der Waals surface area (Å²) in [6.07, 6.45) is 6.11. The quantitative estimate of drug-likeness (QED) is 0.388. The Morgan fingerprint density at radius 3 is 2.62 bits per heavy atom. The lowest BCUT2D eigenvalue weighted by Crippen LogP contribution is -2.24. The fourth-order valence-electron chi connectivity index (χ4n) is 4.24. The van der Waals surface area contributed by atoms with Gasteiger partial charge in [0, 0.05) is 13.1 Å². The van der Waals surface area contributed by atoms with Crippen molar-refractivity contribution in [2.24, 2.45) is 0 Å². The first-order valence-corrected chi connectivity index (χ1v) is 11.4. The van der Waals surface area contributed by atoms with E-state index in [0.29, 0.717) is 30.9 Å². The Morgan fingerprint density at radius 1 is 1.16 bits per heavy atom. The summed E-state index contributed by atoms with van der Waals surface area (Å²) in [7, 11) is 0. The van der Waals surface area contributed by atoms with Gasteiger partial charge < -0.3 is 10.5 Å². The number of hydrogen-bond acceptors (Lipinski definition) is 6. The van der Waals surface area contributed by atoms with Crippen LogP contribution in [0.5, 0.6) is 6.01 Å². The van der Waals surface area contributed by atoms with Gasteiger partial charge in [-0.05, 0) is 43.5 Å². The van der Waals surface area contributed by atoms with E-state index >= 15 is 0 Å². The first-order chi connectivity index (χ1) is 15.6. The van der Waals surface area contributed by atoms with E-state index in [-0.39, 0.29) is 17.5 Å². The molecule has 3 aromatic rings. The van der Waals surface area contributed by atoms with E-state index in [2.05, 4.69) is 46.6 Å². The highest BCUT2D eigenvalue weighted by molar-refractivity contribution is 5.83. The number of allylic oxidation sites excluding steroid dienone is 1. The molecule has 1 aromatic carbocycles. The number of unbranched alkanes of at least 4 members (excludes halogenated alkanes) is 1. The number of aromatic nitrogens is 4. The third-order valence-electron chi connectivity index (χ3n) is 5.84. The zero-order chi connectivity index (χ0) is 22.5. The molecule has 1 saturated heterocycles. The number of nitrogens with two attached hydrogens (primary N) is 1. The van der Waals surface area contributed by atoms with Crippen molar-refractivity contribution in [2.45, 2.75) is 52.2 Å². The molecule has 0 aliphatic carbocycles. The zero-order valence-corrected chi connectivity index (χ0v) is 18.8. The number of imidazole rings is 1. The fourth-order valence-corrected chi connectivity index (χ4v) is 4.24. The van der Waals surface area contributed by atoms with Gasteiger partial charge >= 0.3 is 11.7 Å². The number of rotatable bonds is 10. The molecule has 8 heteroatoms. The van der Waals surface area contributed by atoms with Crippen LogP contribution in [0.4, 0.5) is 5.82 Å². The second-order valence-electron chi connectivity index (χ2n) is 8.34. The van der Waals surface area contributed by atoms with Crippen LogP contribution in [0.2, 0.25) is 0 Å². The number of fused-ring (bicyclic) bond motifs is 1. The second kappa shape index (κ2) is 9.99. The predicted molar refractivity (Wildman–Crippen MR) is 127 cm³/mol. The van der Waals surface area contributed by atoms with Gasteiger partial charge in [-0.2, -0.15) is 9.97 Å². The molecule has 0 atom stereocenters. The molecule has 0 amide bonds. The van der Waals surface area contributed by atoms with Crippen molar-refractivity contribution < 1.29 is 4.74 Å². The molecule has 0 radical (unpaired) electrons. The minimum absolute atomic E-state index is 0.184. The maximum absolute atomic E-state index is 13.3. The molecule has 2 N–H and O–H groups in total. The van der Waals surface area contributed by atoms with Gasteiger partial charge in [0.1, 0.15) is 5.52 Å². The number of anilines is 1. The lowest BCUT2D eigenvalue weighted by molar-refractivity contribution is 0.286. The normalized spacial score (nSPS) is 14.3. The van der Waals surface area contributed by atoms with Gasteiger partial charge in [-0.25, -0.2) is 4.79 Å². The van der Waals surface area contributed by atoms with Gasteiger partial charge in [0.15, 0.2) is 11.5 Å². The van der Waals surface area contributed by atoms with Crippen LogP contribution in [0.25, 0.3) is 11.2 Å². The standard InChI is InChI=1S/C24H32N6O2/c1-3-5-14-32-23-26-21(25)20-22(27-23)30(24(31)29(20)11-4-2)17-19-10-8-9-18(15-19)16-28-12-6-7-13-28/h4,8-10,15H,2-3,5-7,11-14,16-17H2,1H3,(H2,25,26,27). The molecule has 1 fully saturated rings. The third-order valence-corrected chi connectivity index (χ3v) is 5.84. The SMILES string of the molecule is C=CCn1c(=O)n(Cc2cccc(CN3CCCC3)c2)c2nc(OCCCC)nc(N)c21. The van der Waals surface area contributed by atoms with Crippen LogP contribution in [0.15, 0.2) is 41.7 Å². The van der Waals surface area contributed by atoms with Gasteiger partial charge in [0.05, 0.1) is 13.2 Å². The highest BCUT2D eigenvalue weighted by Gasteiger charge is 2.20. The largest absolute Gasteiger partial charge is 0.463 e. The van der Waals surface area contributed by atoms with Gasteiger partial charge in [-0.15, -0.1) is 6.58 Å². The number of likely N-dealkylation sites (tertiary alicyclic amines) is 1. The maximum atomic E-state index is 13.3. The summed E-state index contributed by atoms with van der Waals surface area (Å²) in [6.45, 7) is 10.3. The van der Waals surface area contributed by atoms with Crippen LogP contribution >= 0.6 is 0 Å². The molecule has 4 rings (SSSR count). The molecule has 170 valence electrons. The van der Waals surface area contributed by atoms with E-state index in [4.69, 9.17) is 10.5 Å². The highest BCUT2D eigenvalue weighted by Crippen LogP contribution is 2.22. The highest BCUT2D eigenvalue weighted by atomic mass is 16.5. The van der Waals surface area contributed by atoms with Gasteiger partial charge in [0.25, 0.3) is 0 Å². The molecule has 0 spiro atoms. The summed E-state index contributed by atoms with van der Waals surface area (Å²) in [5.41, 5.74) is 9.36. The summed E-state index contributed by atoms with van der Waals surface area (Å²) in [5, 5.41) is 0. The smallest absolute Gasteiger partial charge is 0.331 e. The van der Waals surface area contributed by atoms with E-state index in [1.807, 2.05) is 6.07 Å². The number of nitrogen functional groups attached to an aromatic ring is 1. The van der Waals surface area contributed by atoms with E-state index in [0.717, 1.165) is 38.0 Å². The minimum atomic E-state index is -0.184. The maximum Gasteiger partial charge on any atom is 0.331 e. The molecular formula is C24H32N6O2. The van der Waals surface area contributed by atoms with Crippen LogP contribution in [0.1, 0.15) is 43.7 Å². The van der Waals surface area contributed by atoms with Crippen molar-refractivity contribution >= 4 is 17.0 Å². The Bertz CT molecular complexity index is 1140. The molecule has 32 heavy (non-hydrogen) atoms. The van der Waals surface area contributed by atoms with Crippen LogP contribution in [0, 0.1) is 0 Å². The molecular weight excluding hydrogens is 404 g/mol. The van der Waals surface area contributed by atoms with Crippen molar-refractivity contribution in [2.75, 3.05) is 25.4 Å². The molecule has 0 saturated carbocycles. The Kier molecular flexibility index (Phi) is 6.90. The summed E-state index contributed by atoms with van der Waals surface area (Å²) >= 11 is 0. The van der Waals surface area contributed by atoms with Crippen molar-refractivity contribution in [3.8, 4) is 6.01 Å². The van der Waals surface area contributed by atoms with Crippen LogP contribution in [-0.4, -0.2) is 43.7 Å². The Hall–Kier alpha value is -3.13. The molecule has 2 aromatic heterocycles. The van der Waals surface area contributed by atoms with Crippen LogP contribution in [-0.2, 0) is 19.6 Å². The van der Waals surface area contributed by atoms with E-state index < -0.39 is 0 Å². The molecule has 3 heterocycles. The number of ether oxygens (including phenoxy) is 1. The topological polar surface area (TPSA) is 91.2 Å². The van der Waals surface area contributed by atoms with Crippen LogP contribution < -0.4 is 16.2 Å². The summed E-state index contributed by atoms with van der Waals surface area (Å²) in [5.74, 6) is 0.238. The first kappa shape index (κ1) is 22.1. The summed E-state index contributed by atoms with van der Waals surface area (Å²) in [4.78, 5) is 24.6. The van der Waals surface area contributed by atoms with Gasteiger partial charge in [-0.1, -0.05) is 43.7 Å². The Balaban J connectivity index is 1.70. The fraction of sp³-hybridized carbons (Fsp3) is 0.458. The number of nitrogens with zero attached hydrogens (tertiary/aromatic N) is 5. The average Bonchev–Trinajstić information content (AvgIpc) is 3.37. The molecule has 0 bridgehead atoms. The van der Waals surface area contributed by atoms with Gasteiger partial charge in [0.2, 0.25) is 0 Å². The van der Waals surface area contributed by atoms with Crippen molar-refractivity contribution in [1.82, 2.24) is 24.0 Å². The summed E-state index contributed by atoms with van der Waals surface area (Å²) < 4.78 is 8.91. The Morgan fingerprint density at radius 2 is 1.91 bits per heavy atom. The number of hydrogen-bond donors (Lipinski definition) is 1. The monoisotopic (exact) mass is 436 g/mol. The van der Waals surface area contributed by atoms with E-state index in [1.165, 1.54) is 18.4 Å². The third kappa shape index (κ3) is 4.70. The van der Waals surface area contributed by atoms with E-state index in [1.54, 1.807) is 15.2 Å². The molecule has 8 nitrogen and oxygen atoms in total. The van der Waals surface area contributed by atoms with Gasteiger partial charge in [-0.3, -0.25) is 14.0 Å². The summed E-state index contributed by atoms with van der Waals surface area (Å²) in [6, 6.07) is 8.61. The lowest BCUT2D eigenvalue weighted by Gasteiger charge is -2.15. The molecule has 1 aliphatic rings. The zero-order valence-electron chi connectivity index (χ0n) is 18.8. The van der Waals surface area contributed by atoms with Crippen molar-refractivity contribution in [3.63, 3.8) is 0 Å². The number of benzene rings is 1. The average molecular weight is 437 g/mol. The molecule has 1 aliphatic heterocycles. The van der Waals surface area contributed by atoms with Crippen molar-refractivity contribution in [3.05, 3.63) is 58.5 Å². The second-order valence-corrected chi connectivity index (χ2v) is 8.34. The minimum Gasteiger partial charge on any atom is -0.463 e. The Labute approximate surface area is 188 Å². The first-order valence-electron chi connectivity index (χ1n) is 11.4. The predicted octanol–water partition coefficient (Wildman–Crippen LogP) is 3.18. The van der Waals surface area contributed by atoms with E-state index in [9.17, 15) is 4.79 Å². The van der Waals surface area contributed by atoms with Crippen molar-refractivity contribution in [1.29, 1.82) is 0 Å². The molecule has 0 unspecified atom stereocenters. The lowest BCUT2D eigenvalue weighted by atomic mass is 10.1.